The van der Waals surface area contributed by atoms with Crippen LogP contribution in [0.2, 0.25) is 0 Å². The van der Waals surface area contributed by atoms with Gasteiger partial charge in [0, 0.05) is 24.8 Å². The van der Waals surface area contributed by atoms with Crippen molar-refractivity contribution in [2.24, 2.45) is 11.8 Å². The van der Waals surface area contributed by atoms with E-state index in [4.69, 9.17) is 0 Å². The largest absolute Gasteiger partial charge is 0.339 e. The summed E-state index contributed by atoms with van der Waals surface area (Å²) in [5.74, 6) is 1.71. The second-order valence-electron chi connectivity index (χ2n) is 11.2. The van der Waals surface area contributed by atoms with Gasteiger partial charge in [-0.25, -0.2) is 0 Å². The van der Waals surface area contributed by atoms with Crippen molar-refractivity contribution >= 4 is 22.5 Å². The third kappa shape index (κ3) is 5.14. The highest BCUT2D eigenvalue weighted by Crippen LogP contribution is 2.27. The van der Waals surface area contributed by atoms with Gasteiger partial charge < -0.3 is 19.2 Å². The van der Waals surface area contributed by atoms with Crippen LogP contribution in [-0.2, 0) is 6.54 Å². The summed E-state index contributed by atoms with van der Waals surface area (Å²) in [5, 5.41) is 3.46. The fourth-order valence-electron chi connectivity index (χ4n) is 6.49. The SMILES string of the molecule is O=C(c1ccc2c(c1)n(Cc1ccccc1)c(=O)c1cccn12)N1CCC(CCCC2CCNCC2)CC1. The standard InChI is InChI=1S/C32H38N4O2/c37-31(34-20-15-25(16-21-34)9-4-8-24-13-17-33-18-14-24)27-11-12-28-30(22-27)36(23-26-6-2-1-3-7-26)32(38)29-10-5-19-35(28)29/h1-3,5-7,10-12,19,22,24-25,33H,4,8-9,13-18,20-21,23H2. The molecule has 0 saturated carbocycles. The van der Waals surface area contributed by atoms with Gasteiger partial charge in [0.15, 0.2) is 0 Å². The number of likely N-dealkylation sites (tertiary alicyclic amines) is 1. The van der Waals surface area contributed by atoms with E-state index in [2.05, 4.69) is 5.32 Å². The predicted molar refractivity (Wildman–Crippen MR) is 153 cm³/mol. The molecule has 2 aromatic carbocycles. The molecule has 4 heterocycles. The van der Waals surface area contributed by atoms with Crippen LogP contribution < -0.4 is 10.9 Å². The number of nitrogens with one attached hydrogen (secondary N) is 1. The number of hydrogen-bond donors (Lipinski definition) is 1. The Morgan fingerprint density at radius 1 is 0.816 bits per heavy atom. The lowest BCUT2D eigenvalue weighted by molar-refractivity contribution is 0.0685. The molecule has 2 aliphatic heterocycles. The number of carbonyl (C=O) groups is 1. The van der Waals surface area contributed by atoms with Crippen LogP contribution in [0.25, 0.3) is 16.6 Å². The number of carbonyl (C=O) groups excluding carboxylic acids is 1. The van der Waals surface area contributed by atoms with Gasteiger partial charge >= 0.3 is 0 Å². The van der Waals surface area contributed by atoms with Crippen molar-refractivity contribution in [3.8, 4) is 0 Å². The summed E-state index contributed by atoms with van der Waals surface area (Å²) in [6.45, 7) is 4.47. The Balaban J connectivity index is 1.18. The van der Waals surface area contributed by atoms with Gasteiger partial charge in [0.25, 0.3) is 11.5 Å². The molecule has 198 valence electrons. The van der Waals surface area contributed by atoms with Gasteiger partial charge in [-0.2, -0.15) is 0 Å². The number of aromatic nitrogens is 2. The minimum absolute atomic E-state index is 0.0405. The lowest BCUT2D eigenvalue weighted by Crippen LogP contribution is -2.38. The molecule has 4 aromatic rings. The third-order valence-electron chi connectivity index (χ3n) is 8.75. The molecule has 0 bridgehead atoms. The van der Waals surface area contributed by atoms with E-state index >= 15 is 0 Å². The summed E-state index contributed by atoms with van der Waals surface area (Å²) in [4.78, 5) is 29.0. The summed E-state index contributed by atoms with van der Waals surface area (Å²) in [7, 11) is 0. The number of hydrogen-bond acceptors (Lipinski definition) is 3. The van der Waals surface area contributed by atoms with Gasteiger partial charge in [-0.1, -0.05) is 49.6 Å². The highest BCUT2D eigenvalue weighted by Gasteiger charge is 2.25. The molecule has 0 unspecified atom stereocenters. The van der Waals surface area contributed by atoms with Crippen molar-refractivity contribution in [2.75, 3.05) is 26.2 Å². The number of piperidine rings is 2. The van der Waals surface area contributed by atoms with Crippen molar-refractivity contribution in [2.45, 2.75) is 51.5 Å². The van der Waals surface area contributed by atoms with E-state index in [0.29, 0.717) is 17.6 Å². The first-order chi connectivity index (χ1) is 18.7. The first kappa shape index (κ1) is 24.9. The van der Waals surface area contributed by atoms with Gasteiger partial charge in [0.1, 0.15) is 5.52 Å². The Bertz CT molecular complexity index is 1460. The van der Waals surface area contributed by atoms with Crippen molar-refractivity contribution < 1.29 is 4.79 Å². The number of fused-ring (bicyclic) bond motifs is 3. The van der Waals surface area contributed by atoms with E-state index in [0.717, 1.165) is 54.4 Å². The average molecular weight is 511 g/mol. The highest BCUT2D eigenvalue weighted by molar-refractivity contribution is 5.97. The fourth-order valence-corrected chi connectivity index (χ4v) is 6.49. The molecule has 0 spiro atoms. The van der Waals surface area contributed by atoms with Crippen molar-refractivity contribution in [3.05, 3.63) is 88.3 Å². The summed E-state index contributed by atoms with van der Waals surface area (Å²) in [6, 6.07) is 19.6. The van der Waals surface area contributed by atoms with E-state index in [1.54, 1.807) is 0 Å². The molecule has 6 rings (SSSR count). The van der Waals surface area contributed by atoms with Crippen molar-refractivity contribution in [3.63, 3.8) is 0 Å². The summed E-state index contributed by atoms with van der Waals surface area (Å²) in [6.07, 6.45) is 10.7. The summed E-state index contributed by atoms with van der Waals surface area (Å²) < 4.78 is 3.74. The lowest BCUT2D eigenvalue weighted by atomic mass is 9.87. The maximum absolute atomic E-state index is 13.6. The van der Waals surface area contributed by atoms with Gasteiger partial charge in [0.2, 0.25) is 0 Å². The molecular weight excluding hydrogens is 472 g/mol. The number of benzene rings is 2. The van der Waals surface area contributed by atoms with E-state index in [9.17, 15) is 9.59 Å². The average Bonchev–Trinajstić information content (AvgIpc) is 3.47. The molecule has 6 heteroatoms. The first-order valence-corrected chi connectivity index (χ1v) is 14.3. The molecule has 6 nitrogen and oxygen atoms in total. The molecule has 2 fully saturated rings. The number of rotatable bonds is 7. The Morgan fingerprint density at radius 3 is 2.32 bits per heavy atom. The lowest BCUT2D eigenvalue weighted by Gasteiger charge is -2.32. The molecule has 38 heavy (non-hydrogen) atoms. The molecule has 1 amide bonds. The maximum Gasteiger partial charge on any atom is 0.275 e. The van der Waals surface area contributed by atoms with Crippen LogP contribution in [0, 0.1) is 11.8 Å². The monoisotopic (exact) mass is 510 g/mol. The number of nitrogens with zero attached hydrogens (tertiary/aromatic N) is 3. The van der Waals surface area contributed by atoms with E-state index in [-0.39, 0.29) is 11.5 Å². The summed E-state index contributed by atoms with van der Waals surface area (Å²) >= 11 is 0. The Morgan fingerprint density at radius 2 is 1.55 bits per heavy atom. The minimum Gasteiger partial charge on any atom is -0.339 e. The Labute approximate surface area is 224 Å². The number of amides is 1. The zero-order valence-electron chi connectivity index (χ0n) is 22.1. The molecule has 1 N–H and O–H groups in total. The Kier molecular flexibility index (Phi) is 7.32. The van der Waals surface area contributed by atoms with E-state index < -0.39 is 0 Å². The van der Waals surface area contributed by atoms with Crippen LogP contribution in [0.3, 0.4) is 0 Å². The summed E-state index contributed by atoms with van der Waals surface area (Å²) in [5.41, 5.74) is 4.06. The second-order valence-corrected chi connectivity index (χ2v) is 11.2. The fraction of sp³-hybridized carbons (Fsp3) is 0.438. The zero-order valence-corrected chi connectivity index (χ0v) is 22.1. The molecule has 2 aliphatic rings. The zero-order chi connectivity index (χ0) is 25.9. The predicted octanol–water partition coefficient (Wildman–Crippen LogP) is 5.32. The third-order valence-corrected chi connectivity index (χ3v) is 8.75. The molecule has 0 aliphatic carbocycles. The molecule has 2 aromatic heterocycles. The van der Waals surface area contributed by atoms with Crippen molar-refractivity contribution in [1.29, 1.82) is 0 Å². The maximum atomic E-state index is 13.6. The molecule has 2 saturated heterocycles. The van der Waals surface area contributed by atoms with Gasteiger partial charge in [-0.3, -0.25) is 9.59 Å². The van der Waals surface area contributed by atoms with Crippen molar-refractivity contribution in [1.82, 2.24) is 19.2 Å². The van der Waals surface area contributed by atoms with Gasteiger partial charge in [-0.15, -0.1) is 0 Å². The topological polar surface area (TPSA) is 58.8 Å². The normalized spacial score (nSPS) is 17.4. The van der Waals surface area contributed by atoms with Crippen LogP contribution in [0.4, 0.5) is 0 Å². The second kappa shape index (κ2) is 11.2. The molecular formula is C32H38N4O2. The van der Waals surface area contributed by atoms with Crippen LogP contribution in [-0.4, -0.2) is 46.0 Å². The quantitative estimate of drug-likeness (QED) is 0.366. The first-order valence-electron chi connectivity index (χ1n) is 14.3. The van der Waals surface area contributed by atoms with Crippen LogP contribution in [0.15, 0.2) is 71.7 Å². The molecule has 0 atom stereocenters. The van der Waals surface area contributed by atoms with Gasteiger partial charge in [-0.05, 0) is 86.5 Å². The highest BCUT2D eigenvalue weighted by atomic mass is 16.2. The van der Waals surface area contributed by atoms with Crippen LogP contribution >= 0.6 is 0 Å². The van der Waals surface area contributed by atoms with Gasteiger partial charge in [0.05, 0.1) is 17.6 Å². The molecule has 0 radical (unpaired) electrons. The van der Waals surface area contributed by atoms with E-state index in [1.807, 2.05) is 80.7 Å². The van der Waals surface area contributed by atoms with Crippen LogP contribution in [0.1, 0.15) is 60.9 Å². The minimum atomic E-state index is -0.0405. The van der Waals surface area contributed by atoms with Crippen LogP contribution in [0.5, 0.6) is 0 Å². The smallest absolute Gasteiger partial charge is 0.275 e. The van der Waals surface area contributed by atoms with E-state index in [1.165, 1.54) is 45.2 Å². The Hall–Kier alpha value is -3.38.